The third kappa shape index (κ3) is 3.05. The maximum atomic E-state index is 6.19. The quantitative estimate of drug-likeness (QED) is 0.851. The van der Waals surface area contributed by atoms with Crippen molar-refractivity contribution in [3.63, 3.8) is 0 Å². The first kappa shape index (κ1) is 14.7. The van der Waals surface area contributed by atoms with Crippen molar-refractivity contribution in [3.05, 3.63) is 0 Å². The van der Waals surface area contributed by atoms with Gasteiger partial charge in [0.15, 0.2) is 0 Å². The van der Waals surface area contributed by atoms with Gasteiger partial charge in [-0.05, 0) is 38.0 Å². The Labute approximate surface area is 117 Å². The van der Waals surface area contributed by atoms with Gasteiger partial charge in [-0.15, -0.1) is 0 Å². The van der Waals surface area contributed by atoms with Gasteiger partial charge in [-0.25, -0.2) is 0 Å². The van der Waals surface area contributed by atoms with Gasteiger partial charge < -0.3 is 5.73 Å². The number of rotatable bonds is 4. The highest BCUT2D eigenvalue weighted by molar-refractivity contribution is 8.00. The number of hydrogen-bond donors (Lipinski definition) is 1. The molecule has 1 unspecified atom stereocenters. The summed E-state index contributed by atoms with van der Waals surface area (Å²) in [6, 6.07) is 0. The van der Waals surface area contributed by atoms with Crippen molar-refractivity contribution in [2.45, 2.75) is 63.2 Å². The molecule has 0 bridgehead atoms. The first-order chi connectivity index (χ1) is 8.74. The van der Waals surface area contributed by atoms with Crippen LogP contribution in [0.5, 0.6) is 0 Å². The zero-order valence-corrected chi connectivity index (χ0v) is 13.0. The molecule has 1 atom stereocenters. The Morgan fingerprint density at radius 2 is 1.94 bits per heavy atom. The van der Waals surface area contributed by atoms with Crippen LogP contribution in [0.3, 0.4) is 0 Å². The molecule has 3 heteroatoms. The van der Waals surface area contributed by atoms with Crippen LogP contribution in [0, 0.1) is 5.92 Å². The largest absolute Gasteiger partial charge is 0.329 e. The van der Waals surface area contributed by atoms with E-state index in [1.165, 1.54) is 57.4 Å². The maximum Gasteiger partial charge on any atom is 0.0332 e. The minimum Gasteiger partial charge on any atom is -0.329 e. The first-order valence-electron chi connectivity index (χ1n) is 7.80. The molecule has 2 nitrogen and oxygen atoms in total. The van der Waals surface area contributed by atoms with Crippen LogP contribution in [0.15, 0.2) is 0 Å². The van der Waals surface area contributed by atoms with Crippen LogP contribution in [-0.2, 0) is 0 Å². The lowest BCUT2D eigenvalue weighted by Gasteiger charge is -2.50. The summed E-state index contributed by atoms with van der Waals surface area (Å²) in [7, 11) is 0. The molecule has 2 rings (SSSR count). The monoisotopic (exact) mass is 270 g/mol. The lowest BCUT2D eigenvalue weighted by molar-refractivity contribution is 0.0441. The molecule has 0 aromatic rings. The van der Waals surface area contributed by atoms with E-state index in [1.54, 1.807) is 0 Å². The summed E-state index contributed by atoms with van der Waals surface area (Å²) in [4.78, 5) is 2.75. The first-order valence-corrected chi connectivity index (χ1v) is 8.85. The summed E-state index contributed by atoms with van der Waals surface area (Å²) in [5.74, 6) is 2.27. The highest BCUT2D eigenvalue weighted by Crippen LogP contribution is 2.39. The van der Waals surface area contributed by atoms with Gasteiger partial charge in [0.2, 0.25) is 0 Å². The van der Waals surface area contributed by atoms with Crippen LogP contribution < -0.4 is 5.73 Å². The number of nitrogens with zero attached hydrogens (tertiary/aromatic N) is 1. The van der Waals surface area contributed by atoms with E-state index in [9.17, 15) is 0 Å². The van der Waals surface area contributed by atoms with E-state index in [2.05, 4.69) is 30.5 Å². The van der Waals surface area contributed by atoms with Crippen molar-refractivity contribution in [3.8, 4) is 0 Å². The van der Waals surface area contributed by atoms with Crippen LogP contribution in [-0.4, -0.2) is 41.1 Å². The average molecular weight is 270 g/mol. The van der Waals surface area contributed by atoms with Crippen LogP contribution >= 0.6 is 11.8 Å². The third-order valence-electron chi connectivity index (χ3n) is 5.26. The Morgan fingerprint density at radius 3 is 2.50 bits per heavy atom. The maximum absolute atomic E-state index is 6.19. The molecule has 0 spiro atoms. The predicted molar refractivity (Wildman–Crippen MR) is 82.1 cm³/mol. The predicted octanol–water partition coefficient (Wildman–Crippen LogP) is 3.11. The zero-order chi connectivity index (χ0) is 13.0. The molecule has 1 saturated carbocycles. The summed E-state index contributed by atoms with van der Waals surface area (Å²) in [6.07, 6.45) is 8.13. The highest BCUT2D eigenvalue weighted by Gasteiger charge is 2.40. The molecule has 18 heavy (non-hydrogen) atoms. The van der Waals surface area contributed by atoms with E-state index in [-0.39, 0.29) is 0 Å². The van der Waals surface area contributed by atoms with Gasteiger partial charge in [0.1, 0.15) is 0 Å². The number of nitrogens with two attached hydrogens (primary N) is 1. The molecule has 0 radical (unpaired) electrons. The fraction of sp³-hybridized carbons (Fsp3) is 1.00. The Hall–Kier alpha value is 0.270. The fourth-order valence-electron chi connectivity index (χ4n) is 3.67. The summed E-state index contributed by atoms with van der Waals surface area (Å²) < 4.78 is 0. The van der Waals surface area contributed by atoms with Gasteiger partial charge in [0.05, 0.1) is 0 Å². The molecule has 2 fully saturated rings. The molecule has 0 aromatic carbocycles. The van der Waals surface area contributed by atoms with E-state index in [4.69, 9.17) is 5.73 Å². The van der Waals surface area contributed by atoms with Gasteiger partial charge in [-0.2, -0.15) is 11.8 Å². The topological polar surface area (TPSA) is 29.3 Å². The Morgan fingerprint density at radius 1 is 1.22 bits per heavy atom. The lowest BCUT2D eigenvalue weighted by Crippen LogP contribution is -2.59. The molecule has 1 aliphatic carbocycles. The van der Waals surface area contributed by atoms with Gasteiger partial charge in [0.25, 0.3) is 0 Å². The summed E-state index contributed by atoms with van der Waals surface area (Å²) >= 11 is 2.16. The van der Waals surface area contributed by atoms with Gasteiger partial charge >= 0.3 is 0 Å². The second-order valence-electron chi connectivity index (χ2n) is 6.13. The Kier molecular flexibility index (Phi) is 5.40. The number of hydrogen-bond acceptors (Lipinski definition) is 3. The Balaban J connectivity index is 1.99. The smallest absolute Gasteiger partial charge is 0.0332 e. The molecule has 2 N–H and O–H groups in total. The summed E-state index contributed by atoms with van der Waals surface area (Å²) in [5.41, 5.74) is 6.54. The normalized spacial score (nSPS) is 38.8. The van der Waals surface area contributed by atoms with Crippen molar-refractivity contribution in [1.82, 2.24) is 4.90 Å². The van der Waals surface area contributed by atoms with Gasteiger partial charge in [-0.3, -0.25) is 4.90 Å². The Bertz CT molecular complexity index is 249. The molecule has 1 aliphatic heterocycles. The van der Waals surface area contributed by atoms with E-state index in [0.717, 1.165) is 17.7 Å². The molecule has 1 heterocycles. The fourth-order valence-corrected chi connectivity index (χ4v) is 4.85. The van der Waals surface area contributed by atoms with Crippen LogP contribution in [0.1, 0.15) is 52.4 Å². The van der Waals surface area contributed by atoms with Gasteiger partial charge in [0, 0.05) is 36.2 Å². The average Bonchev–Trinajstić information content (AvgIpc) is 2.47. The van der Waals surface area contributed by atoms with Crippen LogP contribution in [0.2, 0.25) is 0 Å². The van der Waals surface area contributed by atoms with Crippen molar-refractivity contribution < 1.29 is 0 Å². The van der Waals surface area contributed by atoms with E-state index < -0.39 is 0 Å². The standard InChI is InChI=1S/C15H30N2S/c1-3-13-5-7-15(12-16,8-6-13)17-9-10-18-14(4-2)11-17/h13-14H,3-12,16H2,1-2H3. The van der Waals surface area contributed by atoms with E-state index in [1.807, 2.05) is 0 Å². The van der Waals surface area contributed by atoms with Crippen molar-refractivity contribution >= 4 is 11.8 Å². The molecule has 2 aliphatic rings. The second kappa shape index (κ2) is 6.62. The molecule has 1 saturated heterocycles. The minimum atomic E-state index is 0.347. The van der Waals surface area contributed by atoms with Crippen LogP contribution in [0.4, 0.5) is 0 Å². The van der Waals surface area contributed by atoms with E-state index in [0.29, 0.717) is 5.54 Å². The lowest BCUT2D eigenvalue weighted by atomic mass is 9.74. The second-order valence-corrected chi connectivity index (χ2v) is 7.54. The summed E-state index contributed by atoms with van der Waals surface area (Å²) in [6.45, 7) is 8.06. The molecular formula is C15H30N2S. The van der Waals surface area contributed by atoms with Crippen molar-refractivity contribution in [1.29, 1.82) is 0 Å². The minimum absolute atomic E-state index is 0.347. The van der Waals surface area contributed by atoms with E-state index >= 15 is 0 Å². The van der Waals surface area contributed by atoms with Crippen molar-refractivity contribution in [2.24, 2.45) is 11.7 Å². The molecular weight excluding hydrogens is 240 g/mol. The van der Waals surface area contributed by atoms with Crippen LogP contribution in [0.25, 0.3) is 0 Å². The van der Waals surface area contributed by atoms with Gasteiger partial charge in [-0.1, -0.05) is 20.3 Å². The van der Waals surface area contributed by atoms with Crippen molar-refractivity contribution in [2.75, 3.05) is 25.4 Å². The number of thioether (sulfide) groups is 1. The SMILES string of the molecule is CCC1CCC(CN)(N2CCSC(CC)C2)CC1. The molecule has 106 valence electrons. The molecule has 0 amide bonds. The third-order valence-corrected chi connectivity index (χ3v) is 6.63. The summed E-state index contributed by atoms with van der Waals surface area (Å²) in [5, 5.41) is 0.839. The zero-order valence-electron chi connectivity index (χ0n) is 12.2. The highest BCUT2D eigenvalue weighted by atomic mass is 32.2. The molecule has 0 aromatic heterocycles.